The third-order valence-corrected chi connectivity index (χ3v) is 4.24. The molecular formula is C14H16N2O4S. The highest BCUT2D eigenvalue weighted by Gasteiger charge is 2.26. The zero-order chi connectivity index (χ0) is 15.4. The quantitative estimate of drug-likeness (QED) is 0.855. The van der Waals surface area contributed by atoms with Crippen molar-refractivity contribution in [1.29, 1.82) is 0 Å². The summed E-state index contributed by atoms with van der Waals surface area (Å²) in [5.41, 5.74) is 0. The molecule has 2 aromatic rings. The minimum Gasteiger partial charge on any atom is -0.480 e. The standard InChI is InChI=1S/C14H16N2O4S/c1-3-8(2)11(14(18)19)16-12(17)10-7-15-13(21-10)9-5-4-6-20-9/h4-8,11H,3H2,1-2H3,(H,16,17)(H,18,19)/t8-,11-/m0/s1. The second kappa shape index (κ2) is 6.53. The SMILES string of the molecule is CC[C@H](C)[C@H](NC(=O)c1cnc(-c2ccco2)s1)C(=O)O. The van der Waals surface area contributed by atoms with Crippen LogP contribution in [0.1, 0.15) is 29.9 Å². The molecule has 2 atom stereocenters. The molecule has 2 aromatic heterocycles. The predicted octanol–water partition coefficient (Wildman–Crippen LogP) is 2.63. The number of carboxylic acid groups (broad SMARTS) is 1. The van der Waals surface area contributed by atoms with Gasteiger partial charge in [-0.3, -0.25) is 4.79 Å². The van der Waals surface area contributed by atoms with Crippen LogP contribution in [-0.4, -0.2) is 28.0 Å². The van der Waals surface area contributed by atoms with Crippen LogP contribution in [0.15, 0.2) is 29.0 Å². The number of aliphatic carboxylic acids is 1. The van der Waals surface area contributed by atoms with Gasteiger partial charge in [0, 0.05) is 0 Å². The van der Waals surface area contributed by atoms with E-state index in [2.05, 4.69) is 10.3 Å². The largest absolute Gasteiger partial charge is 0.480 e. The monoisotopic (exact) mass is 308 g/mol. The lowest BCUT2D eigenvalue weighted by Crippen LogP contribution is -2.44. The van der Waals surface area contributed by atoms with Crippen LogP contribution in [-0.2, 0) is 4.79 Å². The van der Waals surface area contributed by atoms with Crippen LogP contribution in [0.2, 0.25) is 0 Å². The van der Waals surface area contributed by atoms with Gasteiger partial charge in [-0.05, 0) is 18.1 Å². The van der Waals surface area contributed by atoms with Crippen molar-refractivity contribution in [3.8, 4) is 10.8 Å². The Kier molecular flexibility index (Phi) is 4.74. The van der Waals surface area contributed by atoms with E-state index in [1.807, 2.05) is 6.92 Å². The molecule has 112 valence electrons. The van der Waals surface area contributed by atoms with Crippen LogP contribution in [0, 0.1) is 5.92 Å². The maximum Gasteiger partial charge on any atom is 0.326 e. The van der Waals surface area contributed by atoms with Gasteiger partial charge in [0.2, 0.25) is 0 Å². The number of nitrogens with zero attached hydrogens (tertiary/aromatic N) is 1. The van der Waals surface area contributed by atoms with Crippen molar-refractivity contribution in [2.75, 3.05) is 0 Å². The zero-order valence-corrected chi connectivity index (χ0v) is 12.5. The van der Waals surface area contributed by atoms with Crippen molar-refractivity contribution in [1.82, 2.24) is 10.3 Å². The Morgan fingerprint density at radius 1 is 1.52 bits per heavy atom. The first-order chi connectivity index (χ1) is 10.0. The van der Waals surface area contributed by atoms with Crippen molar-refractivity contribution in [2.24, 2.45) is 5.92 Å². The van der Waals surface area contributed by atoms with E-state index in [4.69, 9.17) is 4.42 Å². The lowest BCUT2D eigenvalue weighted by Gasteiger charge is -2.19. The fraction of sp³-hybridized carbons (Fsp3) is 0.357. The number of hydrogen-bond donors (Lipinski definition) is 2. The second-order valence-electron chi connectivity index (χ2n) is 4.68. The zero-order valence-electron chi connectivity index (χ0n) is 11.7. The molecule has 0 radical (unpaired) electrons. The van der Waals surface area contributed by atoms with Gasteiger partial charge >= 0.3 is 5.97 Å². The second-order valence-corrected chi connectivity index (χ2v) is 5.71. The van der Waals surface area contributed by atoms with Gasteiger partial charge in [0.15, 0.2) is 10.8 Å². The van der Waals surface area contributed by atoms with Crippen LogP contribution in [0.25, 0.3) is 10.8 Å². The van der Waals surface area contributed by atoms with E-state index >= 15 is 0 Å². The first-order valence-corrected chi connectivity index (χ1v) is 7.38. The molecular weight excluding hydrogens is 292 g/mol. The number of rotatable bonds is 6. The molecule has 6 nitrogen and oxygen atoms in total. The summed E-state index contributed by atoms with van der Waals surface area (Å²) in [5.74, 6) is -1.04. The topological polar surface area (TPSA) is 92.4 Å². The van der Waals surface area contributed by atoms with Gasteiger partial charge in [0.25, 0.3) is 5.91 Å². The summed E-state index contributed by atoms with van der Waals surface area (Å²) in [7, 11) is 0. The van der Waals surface area contributed by atoms with Gasteiger partial charge in [-0.2, -0.15) is 0 Å². The summed E-state index contributed by atoms with van der Waals surface area (Å²) in [6.07, 6.45) is 3.62. The molecule has 2 N–H and O–H groups in total. The van der Waals surface area contributed by atoms with E-state index in [1.54, 1.807) is 19.1 Å². The lowest BCUT2D eigenvalue weighted by molar-refractivity contribution is -0.140. The maximum absolute atomic E-state index is 12.1. The Hall–Kier alpha value is -2.15. The van der Waals surface area contributed by atoms with Crippen LogP contribution >= 0.6 is 11.3 Å². The number of carboxylic acids is 1. The molecule has 0 bridgehead atoms. The molecule has 7 heteroatoms. The summed E-state index contributed by atoms with van der Waals surface area (Å²) < 4.78 is 5.21. The van der Waals surface area contributed by atoms with Gasteiger partial charge in [-0.1, -0.05) is 20.3 Å². The van der Waals surface area contributed by atoms with E-state index in [0.717, 1.165) is 11.3 Å². The fourth-order valence-corrected chi connectivity index (χ4v) is 2.58. The van der Waals surface area contributed by atoms with Crippen LogP contribution in [0.4, 0.5) is 0 Å². The van der Waals surface area contributed by atoms with Crippen LogP contribution in [0.3, 0.4) is 0 Å². The van der Waals surface area contributed by atoms with Gasteiger partial charge in [-0.25, -0.2) is 9.78 Å². The van der Waals surface area contributed by atoms with E-state index in [9.17, 15) is 14.7 Å². The average Bonchev–Trinajstić information content (AvgIpc) is 3.12. The number of thiazole rings is 1. The molecule has 0 saturated carbocycles. The smallest absolute Gasteiger partial charge is 0.326 e. The van der Waals surface area contributed by atoms with Crippen molar-refractivity contribution < 1.29 is 19.1 Å². The Balaban J connectivity index is 2.11. The summed E-state index contributed by atoms with van der Waals surface area (Å²) >= 11 is 1.16. The molecule has 0 spiro atoms. The molecule has 0 aromatic carbocycles. The van der Waals surface area contributed by atoms with Crippen molar-refractivity contribution >= 4 is 23.2 Å². The van der Waals surface area contributed by atoms with Gasteiger partial charge in [0.1, 0.15) is 10.9 Å². The van der Waals surface area contributed by atoms with Crippen LogP contribution in [0.5, 0.6) is 0 Å². The Labute approximate surface area is 125 Å². The molecule has 2 rings (SSSR count). The number of furan rings is 1. The molecule has 0 aliphatic rings. The maximum atomic E-state index is 12.1. The lowest BCUT2D eigenvalue weighted by atomic mass is 9.99. The summed E-state index contributed by atoms with van der Waals surface area (Å²) in [6.45, 7) is 3.68. The Morgan fingerprint density at radius 2 is 2.29 bits per heavy atom. The van der Waals surface area contributed by atoms with Gasteiger partial charge in [0.05, 0.1) is 12.5 Å². The number of amides is 1. The summed E-state index contributed by atoms with van der Waals surface area (Å²) in [5, 5.41) is 12.3. The number of aromatic nitrogens is 1. The number of nitrogens with one attached hydrogen (secondary N) is 1. The van der Waals surface area contributed by atoms with Crippen molar-refractivity contribution in [2.45, 2.75) is 26.3 Å². The molecule has 0 fully saturated rings. The highest BCUT2D eigenvalue weighted by Crippen LogP contribution is 2.25. The normalized spacial score (nSPS) is 13.6. The van der Waals surface area contributed by atoms with E-state index in [1.165, 1.54) is 12.5 Å². The fourth-order valence-electron chi connectivity index (χ4n) is 1.79. The van der Waals surface area contributed by atoms with E-state index in [0.29, 0.717) is 22.1 Å². The third-order valence-electron chi connectivity index (χ3n) is 3.23. The highest BCUT2D eigenvalue weighted by atomic mass is 32.1. The van der Waals surface area contributed by atoms with E-state index in [-0.39, 0.29) is 5.92 Å². The van der Waals surface area contributed by atoms with Gasteiger partial charge in [-0.15, -0.1) is 11.3 Å². The highest BCUT2D eigenvalue weighted by molar-refractivity contribution is 7.16. The molecule has 21 heavy (non-hydrogen) atoms. The molecule has 0 saturated heterocycles. The van der Waals surface area contributed by atoms with Crippen LogP contribution < -0.4 is 5.32 Å². The molecule has 1 amide bonds. The molecule has 2 heterocycles. The first kappa shape index (κ1) is 15.2. The summed E-state index contributed by atoms with van der Waals surface area (Å²) in [6, 6.07) is 2.58. The van der Waals surface area contributed by atoms with E-state index < -0.39 is 17.9 Å². The number of carbonyl (C=O) groups excluding carboxylic acids is 1. The molecule has 0 aliphatic heterocycles. The third kappa shape index (κ3) is 3.49. The number of hydrogen-bond acceptors (Lipinski definition) is 5. The minimum absolute atomic E-state index is 0.149. The predicted molar refractivity (Wildman–Crippen MR) is 78.2 cm³/mol. The Bertz CT molecular complexity index is 621. The minimum atomic E-state index is -1.03. The summed E-state index contributed by atoms with van der Waals surface area (Å²) in [4.78, 5) is 27.8. The average molecular weight is 308 g/mol. The Morgan fingerprint density at radius 3 is 2.86 bits per heavy atom. The van der Waals surface area contributed by atoms with Crippen molar-refractivity contribution in [3.63, 3.8) is 0 Å². The molecule has 0 aliphatic carbocycles. The molecule has 0 unspecified atom stereocenters. The van der Waals surface area contributed by atoms with Gasteiger partial charge < -0.3 is 14.8 Å². The number of carbonyl (C=O) groups is 2. The first-order valence-electron chi connectivity index (χ1n) is 6.56. The van der Waals surface area contributed by atoms with Crippen molar-refractivity contribution in [3.05, 3.63) is 29.5 Å².